The molecule has 1 unspecified atom stereocenters. The van der Waals surface area contributed by atoms with Crippen molar-refractivity contribution in [3.63, 3.8) is 0 Å². The van der Waals surface area contributed by atoms with Crippen molar-refractivity contribution < 1.29 is 4.74 Å². The van der Waals surface area contributed by atoms with Crippen molar-refractivity contribution in [2.75, 3.05) is 23.7 Å². The molecule has 1 aromatic carbocycles. The second-order valence-electron chi connectivity index (χ2n) is 7.06. The zero-order valence-electron chi connectivity index (χ0n) is 12.8. The molecule has 1 spiro atoms. The summed E-state index contributed by atoms with van der Waals surface area (Å²) < 4.78 is 6.48. The van der Waals surface area contributed by atoms with Crippen LogP contribution in [0.4, 0.5) is 11.4 Å². The fourth-order valence-corrected chi connectivity index (χ4v) is 4.57. The van der Waals surface area contributed by atoms with E-state index in [9.17, 15) is 0 Å². The van der Waals surface area contributed by atoms with Crippen LogP contribution in [0.3, 0.4) is 0 Å². The second-order valence-corrected chi connectivity index (χ2v) is 7.06. The summed E-state index contributed by atoms with van der Waals surface area (Å²) in [6.45, 7) is 2.18. The first-order valence-electron chi connectivity index (χ1n) is 8.56. The maximum absolute atomic E-state index is 6.48. The van der Waals surface area contributed by atoms with Crippen LogP contribution in [0.1, 0.15) is 50.5 Å². The Morgan fingerprint density at radius 1 is 1.19 bits per heavy atom. The van der Waals surface area contributed by atoms with Crippen molar-refractivity contribution in [2.24, 2.45) is 0 Å². The van der Waals surface area contributed by atoms with Crippen molar-refractivity contribution in [3.05, 3.63) is 23.8 Å². The van der Waals surface area contributed by atoms with Crippen molar-refractivity contribution in [1.82, 2.24) is 0 Å². The Balaban J connectivity index is 1.48. The predicted molar refractivity (Wildman–Crippen MR) is 86.7 cm³/mol. The molecule has 4 rings (SSSR count). The number of nitrogen functional groups attached to an aromatic ring is 1. The molecule has 114 valence electrons. The number of rotatable bonds is 2. The van der Waals surface area contributed by atoms with Gasteiger partial charge in [0.25, 0.3) is 0 Å². The van der Waals surface area contributed by atoms with E-state index < -0.39 is 0 Å². The van der Waals surface area contributed by atoms with Gasteiger partial charge >= 0.3 is 0 Å². The van der Waals surface area contributed by atoms with Gasteiger partial charge in [0.05, 0.1) is 11.7 Å². The number of anilines is 2. The third kappa shape index (κ3) is 2.42. The summed E-state index contributed by atoms with van der Waals surface area (Å²) in [5, 5.41) is 0. The molecule has 3 aliphatic rings. The number of hydrogen-bond acceptors (Lipinski definition) is 3. The maximum atomic E-state index is 6.48. The topological polar surface area (TPSA) is 38.5 Å². The van der Waals surface area contributed by atoms with Crippen LogP contribution in [0.5, 0.6) is 0 Å². The molecular formula is C18H26N2O. The molecule has 2 aliphatic heterocycles. The van der Waals surface area contributed by atoms with Gasteiger partial charge < -0.3 is 15.4 Å². The molecule has 2 heterocycles. The first-order valence-corrected chi connectivity index (χ1v) is 8.56. The number of benzene rings is 1. The standard InChI is InChI=1S/C18H26N2O/c19-16-6-3-7-17-15(16)5-4-12-20(17)13-14-8-11-18(21-14)9-1-2-10-18/h3,6-7,14H,1-2,4-5,8-13,19H2. The molecule has 2 N–H and O–H groups in total. The van der Waals surface area contributed by atoms with Crippen molar-refractivity contribution in [2.45, 2.75) is 63.1 Å². The highest BCUT2D eigenvalue weighted by Crippen LogP contribution is 2.44. The van der Waals surface area contributed by atoms with Crippen LogP contribution in [-0.2, 0) is 11.2 Å². The summed E-state index contributed by atoms with van der Waals surface area (Å²) in [5.74, 6) is 0. The Kier molecular flexibility index (Phi) is 3.33. The van der Waals surface area contributed by atoms with E-state index in [0.717, 1.165) is 25.2 Å². The summed E-state index contributed by atoms with van der Waals surface area (Å²) in [7, 11) is 0. The third-order valence-corrected chi connectivity index (χ3v) is 5.66. The lowest BCUT2D eigenvalue weighted by molar-refractivity contribution is -0.0328. The van der Waals surface area contributed by atoms with E-state index in [0.29, 0.717) is 6.10 Å². The zero-order valence-corrected chi connectivity index (χ0v) is 12.8. The van der Waals surface area contributed by atoms with Crippen LogP contribution < -0.4 is 10.6 Å². The average Bonchev–Trinajstić information content (AvgIpc) is 3.11. The fourth-order valence-electron chi connectivity index (χ4n) is 4.57. The lowest BCUT2D eigenvalue weighted by Crippen LogP contribution is -2.37. The predicted octanol–water partition coefficient (Wildman–Crippen LogP) is 3.51. The first kappa shape index (κ1) is 13.4. The molecule has 0 amide bonds. The molecule has 3 heteroatoms. The van der Waals surface area contributed by atoms with Crippen molar-refractivity contribution in [1.29, 1.82) is 0 Å². The highest BCUT2D eigenvalue weighted by molar-refractivity contribution is 5.66. The van der Waals surface area contributed by atoms with E-state index in [-0.39, 0.29) is 5.60 Å². The van der Waals surface area contributed by atoms with Gasteiger partial charge in [0.1, 0.15) is 0 Å². The minimum absolute atomic E-state index is 0.249. The SMILES string of the molecule is Nc1cccc2c1CCCN2CC1CCC2(CCCC2)O1. The van der Waals surface area contributed by atoms with Gasteiger partial charge in [0.2, 0.25) is 0 Å². The van der Waals surface area contributed by atoms with E-state index in [1.165, 1.54) is 56.2 Å². The van der Waals surface area contributed by atoms with Gasteiger partial charge in [0.15, 0.2) is 0 Å². The van der Waals surface area contributed by atoms with Crippen LogP contribution in [0.2, 0.25) is 0 Å². The first-order chi connectivity index (χ1) is 10.3. The summed E-state index contributed by atoms with van der Waals surface area (Å²) in [4.78, 5) is 2.51. The van der Waals surface area contributed by atoms with Gasteiger partial charge in [0, 0.05) is 24.5 Å². The lowest BCUT2D eigenvalue weighted by atomic mass is 9.97. The Morgan fingerprint density at radius 2 is 2.05 bits per heavy atom. The summed E-state index contributed by atoms with van der Waals surface area (Å²) >= 11 is 0. The summed E-state index contributed by atoms with van der Waals surface area (Å²) in [6.07, 6.45) is 10.5. The van der Waals surface area contributed by atoms with Crippen LogP contribution in [0.15, 0.2) is 18.2 Å². The number of fused-ring (bicyclic) bond motifs is 1. The van der Waals surface area contributed by atoms with Crippen molar-refractivity contribution in [3.8, 4) is 0 Å². The van der Waals surface area contributed by atoms with Gasteiger partial charge in [-0.2, -0.15) is 0 Å². The molecule has 1 aromatic rings. The molecule has 1 atom stereocenters. The van der Waals surface area contributed by atoms with Gasteiger partial charge in [-0.05, 0) is 56.2 Å². The van der Waals surface area contributed by atoms with E-state index in [1.807, 2.05) is 6.07 Å². The monoisotopic (exact) mass is 286 g/mol. The number of nitrogens with zero attached hydrogens (tertiary/aromatic N) is 1. The molecule has 3 nitrogen and oxygen atoms in total. The van der Waals surface area contributed by atoms with Crippen LogP contribution >= 0.6 is 0 Å². The average molecular weight is 286 g/mol. The molecule has 0 radical (unpaired) electrons. The van der Waals surface area contributed by atoms with Gasteiger partial charge in [-0.15, -0.1) is 0 Å². The Morgan fingerprint density at radius 3 is 2.90 bits per heavy atom. The highest BCUT2D eigenvalue weighted by atomic mass is 16.5. The molecule has 21 heavy (non-hydrogen) atoms. The Bertz CT molecular complexity index is 522. The Hall–Kier alpha value is -1.22. The molecule has 1 saturated heterocycles. The number of hydrogen-bond donors (Lipinski definition) is 1. The van der Waals surface area contributed by atoms with E-state index in [2.05, 4.69) is 17.0 Å². The largest absolute Gasteiger partial charge is 0.398 e. The fraction of sp³-hybridized carbons (Fsp3) is 0.667. The molecular weight excluding hydrogens is 260 g/mol. The van der Waals surface area contributed by atoms with Crippen molar-refractivity contribution >= 4 is 11.4 Å². The smallest absolute Gasteiger partial charge is 0.0758 e. The van der Waals surface area contributed by atoms with Crippen LogP contribution in [0, 0.1) is 0 Å². The molecule has 0 aromatic heterocycles. The highest BCUT2D eigenvalue weighted by Gasteiger charge is 2.42. The molecule has 2 fully saturated rings. The number of ether oxygens (including phenoxy) is 1. The maximum Gasteiger partial charge on any atom is 0.0758 e. The minimum atomic E-state index is 0.249. The summed E-state index contributed by atoms with van der Waals surface area (Å²) in [5.41, 5.74) is 10.0. The zero-order chi connectivity index (χ0) is 14.3. The second kappa shape index (κ2) is 5.20. The lowest BCUT2D eigenvalue weighted by Gasteiger charge is -2.34. The minimum Gasteiger partial charge on any atom is -0.398 e. The number of nitrogens with two attached hydrogens (primary N) is 1. The van der Waals surface area contributed by atoms with Crippen LogP contribution in [0.25, 0.3) is 0 Å². The van der Waals surface area contributed by atoms with Gasteiger partial charge in [-0.25, -0.2) is 0 Å². The van der Waals surface area contributed by atoms with E-state index in [4.69, 9.17) is 10.5 Å². The van der Waals surface area contributed by atoms with E-state index >= 15 is 0 Å². The van der Waals surface area contributed by atoms with Gasteiger partial charge in [-0.1, -0.05) is 18.9 Å². The third-order valence-electron chi connectivity index (χ3n) is 5.66. The molecule has 1 saturated carbocycles. The molecule has 1 aliphatic carbocycles. The van der Waals surface area contributed by atoms with Gasteiger partial charge in [-0.3, -0.25) is 0 Å². The van der Waals surface area contributed by atoms with E-state index in [1.54, 1.807) is 0 Å². The normalized spacial score (nSPS) is 27.2. The summed E-state index contributed by atoms with van der Waals surface area (Å²) in [6, 6.07) is 6.34. The Labute approximate surface area is 127 Å². The molecule has 0 bridgehead atoms. The van der Waals surface area contributed by atoms with Crippen LogP contribution in [-0.4, -0.2) is 24.8 Å². The quantitative estimate of drug-likeness (QED) is 0.846.